The van der Waals surface area contributed by atoms with Gasteiger partial charge >= 0.3 is 0 Å². The van der Waals surface area contributed by atoms with Crippen LogP contribution >= 0.6 is 0 Å². The van der Waals surface area contributed by atoms with Gasteiger partial charge in [0, 0.05) is 36.2 Å². The summed E-state index contributed by atoms with van der Waals surface area (Å²) in [7, 11) is 3.32. The fourth-order valence-electron chi connectivity index (χ4n) is 4.48. The van der Waals surface area contributed by atoms with Gasteiger partial charge in [-0.25, -0.2) is 4.98 Å². The van der Waals surface area contributed by atoms with Gasteiger partial charge in [0.15, 0.2) is 0 Å². The standard InChI is InChI=1S/C26H25N3O3/c1-31-21-10-7-9-20(15-21)28-17-19(14-25(28)30)26-27-22-11-4-5-12-23(22)29(26)16-18-8-3-6-13-24(18)32-2/h3-13,15,19H,14,16-17H2,1-2H3. The van der Waals surface area contributed by atoms with Gasteiger partial charge in [-0.3, -0.25) is 4.79 Å². The van der Waals surface area contributed by atoms with Crippen molar-refractivity contribution in [3.63, 3.8) is 0 Å². The number of fused-ring (bicyclic) bond motifs is 1. The van der Waals surface area contributed by atoms with Gasteiger partial charge in [-0.2, -0.15) is 0 Å². The van der Waals surface area contributed by atoms with Crippen molar-refractivity contribution in [2.24, 2.45) is 0 Å². The van der Waals surface area contributed by atoms with Crippen molar-refractivity contribution in [1.29, 1.82) is 0 Å². The van der Waals surface area contributed by atoms with Crippen LogP contribution in [0.15, 0.2) is 72.8 Å². The fraction of sp³-hybridized carbons (Fsp3) is 0.231. The molecule has 162 valence electrons. The summed E-state index contributed by atoms with van der Waals surface area (Å²) in [5.74, 6) is 2.60. The summed E-state index contributed by atoms with van der Waals surface area (Å²) in [5.41, 5.74) is 3.92. The van der Waals surface area contributed by atoms with E-state index in [0.29, 0.717) is 19.5 Å². The van der Waals surface area contributed by atoms with Gasteiger partial charge in [0.05, 0.1) is 31.8 Å². The quantitative estimate of drug-likeness (QED) is 0.451. The summed E-state index contributed by atoms with van der Waals surface area (Å²) in [6, 6.07) is 23.8. The first kappa shape index (κ1) is 20.1. The zero-order valence-electron chi connectivity index (χ0n) is 18.2. The zero-order valence-corrected chi connectivity index (χ0v) is 18.2. The van der Waals surface area contributed by atoms with Gasteiger partial charge in [0.2, 0.25) is 5.91 Å². The minimum atomic E-state index is -0.00388. The minimum Gasteiger partial charge on any atom is -0.497 e. The highest BCUT2D eigenvalue weighted by Gasteiger charge is 2.35. The largest absolute Gasteiger partial charge is 0.497 e. The first-order chi connectivity index (χ1) is 15.7. The highest BCUT2D eigenvalue weighted by molar-refractivity contribution is 5.96. The molecule has 0 aliphatic carbocycles. The van der Waals surface area contributed by atoms with E-state index in [0.717, 1.165) is 39.6 Å². The van der Waals surface area contributed by atoms with Crippen molar-refractivity contribution >= 4 is 22.6 Å². The molecule has 2 heterocycles. The van der Waals surface area contributed by atoms with Crippen molar-refractivity contribution < 1.29 is 14.3 Å². The third-order valence-electron chi connectivity index (χ3n) is 6.06. The third kappa shape index (κ3) is 3.58. The SMILES string of the molecule is COc1cccc(N2CC(c3nc4ccccc4n3Cc3ccccc3OC)CC2=O)c1. The molecule has 0 bridgehead atoms. The Balaban J connectivity index is 1.53. The van der Waals surface area contributed by atoms with Gasteiger partial charge in [-0.1, -0.05) is 36.4 Å². The molecule has 0 N–H and O–H groups in total. The van der Waals surface area contributed by atoms with Crippen LogP contribution in [0.2, 0.25) is 0 Å². The molecule has 0 spiro atoms. The zero-order chi connectivity index (χ0) is 22.1. The summed E-state index contributed by atoms with van der Waals surface area (Å²) < 4.78 is 13.1. The Bertz CT molecular complexity index is 1280. The number of carbonyl (C=O) groups is 1. The maximum absolute atomic E-state index is 13.0. The molecule has 0 saturated carbocycles. The van der Waals surface area contributed by atoms with E-state index in [1.807, 2.05) is 65.6 Å². The number of aromatic nitrogens is 2. The summed E-state index contributed by atoms with van der Waals surface area (Å²) in [6.07, 6.45) is 0.423. The molecule has 1 fully saturated rings. The lowest BCUT2D eigenvalue weighted by atomic mass is 10.1. The van der Waals surface area contributed by atoms with Crippen LogP contribution in [0.3, 0.4) is 0 Å². The van der Waals surface area contributed by atoms with Gasteiger partial charge < -0.3 is 18.9 Å². The maximum atomic E-state index is 13.0. The Labute approximate surface area is 187 Å². The Hall–Kier alpha value is -3.80. The molecule has 32 heavy (non-hydrogen) atoms. The van der Waals surface area contributed by atoms with E-state index in [1.54, 1.807) is 14.2 Å². The van der Waals surface area contributed by atoms with Gasteiger partial charge in [0.25, 0.3) is 0 Å². The molecule has 1 unspecified atom stereocenters. The molecule has 1 amide bonds. The number of rotatable bonds is 6. The number of hydrogen-bond acceptors (Lipinski definition) is 4. The first-order valence-electron chi connectivity index (χ1n) is 10.7. The second kappa shape index (κ2) is 8.38. The average molecular weight is 428 g/mol. The lowest BCUT2D eigenvalue weighted by Gasteiger charge is -2.18. The number of methoxy groups -OCH3 is 2. The molecule has 1 atom stereocenters. The predicted molar refractivity (Wildman–Crippen MR) is 125 cm³/mol. The van der Waals surface area contributed by atoms with E-state index in [-0.39, 0.29) is 11.8 Å². The van der Waals surface area contributed by atoms with Crippen molar-refractivity contribution in [1.82, 2.24) is 9.55 Å². The first-order valence-corrected chi connectivity index (χ1v) is 10.7. The van der Waals surface area contributed by atoms with Gasteiger partial charge in [0.1, 0.15) is 17.3 Å². The number of imidazole rings is 1. The molecule has 1 aliphatic heterocycles. The molecule has 6 nitrogen and oxygen atoms in total. The highest BCUT2D eigenvalue weighted by Crippen LogP contribution is 2.35. The van der Waals surface area contributed by atoms with E-state index in [9.17, 15) is 4.79 Å². The van der Waals surface area contributed by atoms with E-state index in [1.165, 1.54) is 0 Å². The van der Waals surface area contributed by atoms with Crippen LogP contribution < -0.4 is 14.4 Å². The fourth-order valence-corrected chi connectivity index (χ4v) is 4.48. The second-order valence-electron chi connectivity index (χ2n) is 7.96. The van der Waals surface area contributed by atoms with Crippen LogP contribution in [0.5, 0.6) is 11.5 Å². The Morgan fingerprint density at radius 1 is 0.969 bits per heavy atom. The predicted octanol–water partition coefficient (Wildman–Crippen LogP) is 4.62. The number of hydrogen-bond donors (Lipinski definition) is 0. The van der Waals surface area contributed by atoms with E-state index < -0.39 is 0 Å². The highest BCUT2D eigenvalue weighted by atomic mass is 16.5. The Morgan fingerprint density at radius 2 is 1.78 bits per heavy atom. The number of carbonyl (C=O) groups excluding carboxylic acids is 1. The second-order valence-corrected chi connectivity index (χ2v) is 7.96. The average Bonchev–Trinajstić information content (AvgIpc) is 3.40. The molecule has 3 aromatic carbocycles. The van der Waals surface area contributed by atoms with E-state index in [2.05, 4.69) is 16.7 Å². The molecule has 4 aromatic rings. The van der Waals surface area contributed by atoms with Crippen LogP contribution in [0.4, 0.5) is 5.69 Å². The number of benzene rings is 3. The van der Waals surface area contributed by atoms with Crippen LogP contribution in [0.1, 0.15) is 23.7 Å². The summed E-state index contributed by atoms with van der Waals surface area (Å²) in [6.45, 7) is 1.21. The molecule has 0 radical (unpaired) electrons. The molecule has 5 rings (SSSR count). The summed E-state index contributed by atoms with van der Waals surface area (Å²) in [4.78, 5) is 19.8. The monoisotopic (exact) mass is 427 g/mol. The lowest BCUT2D eigenvalue weighted by Crippen LogP contribution is -2.24. The number of ether oxygens (including phenoxy) is 2. The number of amides is 1. The third-order valence-corrected chi connectivity index (χ3v) is 6.06. The summed E-state index contributed by atoms with van der Waals surface area (Å²) >= 11 is 0. The van der Waals surface area contributed by atoms with E-state index >= 15 is 0 Å². The van der Waals surface area contributed by atoms with Gasteiger partial charge in [-0.15, -0.1) is 0 Å². The smallest absolute Gasteiger partial charge is 0.227 e. The maximum Gasteiger partial charge on any atom is 0.227 e. The molecule has 6 heteroatoms. The molecular formula is C26H25N3O3. The van der Waals surface area contributed by atoms with Crippen molar-refractivity contribution in [2.75, 3.05) is 25.7 Å². The Morgan fingerprint density at radius 3 is 2.62 bits per heavy atom. The lowest BCUT2D eigenvalue weighted by molar-refractivity contribution is -0.117. The van der Waals surface area contributed by atoms with Crippen molar-refractivity contribution in [3.8, 4) is 11.5 Å². The normalized spacial score (nSPS) is 16.0. The molecule has 1 aliphatic rings. The van der Waals surface area contributed by atoms with Gasteiger partial charge in [-0.05, 0) is 30.3 Å². The van der Waals surface area contributed by atoms with Crippen LogP contribution in [0, 0.1) is 0 Å². The van der Waals surface area contributed by atoms with E-state index in [4.69, 9.17) is 14.5 Å². The van der Waals surface area contributed by atoms with Crippen LogP contribution in [-0.4, -0.2) is 36.2 Å². The van der Waals surface area contributed by atoms with Crippen LogP contribution in [-0.2, 0) is 11.3 Å². The molecular weight excluding hydrogens is 402 g/mol. The summed E-state index contributed by atoms with van der Waals surface area (Å²) in [5, 5.41) is 0. The topological polar surface area (TPSA) is 56.6 Å². The van der Waals surface area contributed by atoms with Crippen LogP contribution in [0.25, 0.3) is 11.0 Å². The molecule has 1 saturated heterocycles. The molecule has 1 aromatic heterocycles. The van der Waals surface area contributed by atoms with Crippen molar-refractivity contribution in [3.05, 3.63) is 84.2 Å². The number of para-hydroxylation sites is 3. The minimum absolute atomic E-state index is 0.00388. The Kier molecular flexibility index (Phi) is 5.27. The number of anilines is 1. The number of nitrogens with zero attached hydrogens (tertiary/aromatic N) is 3. The van der Waals surface area contributed by atoms with Crippen molar-refractivity contribution in [2.45, 2.75) is 18.9 Å².